The van der Waals surface area contributed by atoms with E-state index in [-0.39, 0.29) is 0 Å². The summed E-state index contributed by atoms with van der Waals surface area (Å²) >= 11 is 0. The van der Waals surface area contributed by atoms with Crippen molar-refractivity contribution in [2.24, 2.45) is 0 Å². The maximum Gasteiger partial charge on any atom is 0.238 e. The zero-order chi connectivity index (χ0) is 37.9. The predicted molar refractivity (Wildman–Crippen MR) is 239 cm³/mol. The quantitative estimate of drug-likeness (QED) is 0.177. The molecule has 0 atom stereocenters. The maximum atomic E-state index is 5.37. The van der Waals surface area contributed by atoms with Gasteiger partial charge in [0, 0.05) is 43.7 Å². The van der Waals surface area contributed by atoms with Crippen LogP contribution in [0, 0.1) is 0 Å². The second kappa shape index (κ2) is 11.8. The van der Waals surface area contributed by atoms with Crippen LogP contribution in [0.2, 0.25) is 0 Å². The third-order valence-electron chi connectivity index (χ3n) is 12.1. The molecule has 0 aliphatic heterocycles. The molecule has 5 nitrogen and oxygen atoms in total. The first-order chi connectivity index (χ1) is 28.8. The third-order valence-corrected chi connectivity index (χ3v) is 12.1. The van der Waals surface area contributed by atoms with E-state index in [9.17, 15) is 0 Å². The minimum atomic E-state index is 0.589. The molecule has 0 unspecified atom stereocenters. The monoisotopic (exact) mass is 737 g/mol. The molecule has 0 bridgehead atoms. The molecule has 0 saturated heterocycles. The molecular formula is C53H31N5. The highest BCUT2D eigenvalue weighted by atomic mass is 15.2. The van der Waals surface area contributed by atoms with Gasteiger partial charge in [-0.05, 0) is 80.9 Å². The molecule has 3 heterocycles. The van der Waals surface area contributed by atoms with E-state index in [2.05, 4.69) is 179 Å². The number of rotatable bonds is 5. The van der Waals surface area contributed by atoms with Crippen LogP contribution in [0.4, 0.5) is 0 Å². The normalized spacial score (nSPS) is 12.1. The molecule has 0 fully saturated rings. The van der Waals surface area contributed by atoms with Gasteiger partial charge in [-0.25, -0.2) is 4.98 Å². The van der Waals surface area contributed by atoms with Crippen molar-refractivity contribution < 1.29 is 0 Å². The van der Waals surface area contributed by atoms with Gasteiger partial charge >= 0.3 is 0 Å². The lowest BCUT2D eigenvalue weighted by Gasteiger charge is -2.13. The number of hydrogen-bond donors (Lipinski definition) is 0. The van der Waals surface area contributed by atoms with Crippen LogP contribution in [0.1, 0.15) is 0 Å². The topological polar surface area (TPSA) is 48.5 Å². The SMILES string of the molecule is c1ccc(-c2nc(-c3ccc4c(-c5ccccc5)cccc4c3)nc(-n3c4cccc5c4c4c6c(ccc7c6c6c-5cccc6n7-c5ccccc5)ccc43)n2)cc1. The summed E-state index contributed by atoms with van der Waals surface area (Å²) < 4.78 is 4.68. The van der Waals surface area contributed by atoms with E-state index in [1.165, 1.54) is 71.0 Å². The molecule has 3 aromatic heterocycles. The molecule has 0 radical (unpaired) electrons. The Hall–Kier alpha value is -7.89. The van der Waals surface area contributed by atoms with Gasteiger partial charge < -0.3 is 4.57 Å². The van der Waals surface area contributed by atoms with Crippen molar-refractivity contribution in [1.82, 2.24) is 24.1 Å². The highest BCUT2D eigenvalue weighted by molar-refractivity contribution is 6.38. The van der Waals surface area contributed by atoms with Gasteiger partial charge in [0.25, 0.3) is 0 Å². The van der Waals surface area contributed by atoms with Crippen LogP contribution in [0.25, 0.3) is 122 Å². The van der Waals surface area contributed by atoms with Crippen LogP contribution >= 0.6 is 0 Å². The minimum absolute atomic E-state index is 0.589. The van der Waals surface area contributed by atoms with Crippen molar-refractivity contribution in [2.45, 2.75) is 0 Å². The van der Waals surface area contributed by atoms with Gasteiger partial charge in [0.2, 0.25) is 5.95 Å². The molecule has 5 heteroatoms. The van der Waals surface area contributed by atoms with Gasteiger partial charge in [-0.3, -0.25) is 4.57 Å². The molecule has 1 aliphatic carbocycles. The number of para-hydroxylation sites is 1. The van der Waals surface area contributed by atoms with Gasteiger partial charge in [0.05, 0.1) is 22.1 Å². The number of fused-ring (bicyclic) bond motifs is 2. The number of nitrogens with zero attached hydrogens (tertiary/aromatic N) is 5. The molecule has 0 N–H and O–H groups in total. The lowest BCUT2D eigenvalue weighted by atomic mass is 9.97. The Labute approximate surface area is 332 Å². The van der Waals surface area contributed by atoms with Crippen molar-refractivity contribution in [3.63, 3.8) is 0 Å². The lowest BCUT2D eigenvalue weighted by Crippen LogP contribution is -2.06. The zero-order valence-electron chi connectivity index (χ0n) is 31.1. The van der Waals surface area contributed by atoms with Crippen molar-refractivity contribution in [2.75, 3.05) is 0 Å². The average Bonchev–Trinajstić information content (AvgIpc) is 3.78. The summed E-state index contributed by atoms with van der Waals surface area (Å²) in [7, 11) is 0. The summed E-state index contributed by atoms with van der Waals surface area (Å²) in [6, 6.07) is 67.1. The van der Waals surface area contributed by atoms with E-state index >= 15 is 0 Å². The molecule has 0 saturated carbocycles. The summed E-state index contributed by atoms with van der Waals surface area (Å²) in [5, 5.41) is 9.80. The van der Waals surface area contributed by atoms with Crippen LogP contribution in [0.3, 0.4) is 0 Å². The molecule has 12 aromatic rings. The molecule has 0 amide bonds. The van der Waals surface area contributed by atoms with Crippen LogP contribution in [-0.2, 0) is 0 Å². The number of benzene rings is 9. The Morgan fingerprint density at radius 1 is 0.310 bits per heavy atom. The summed E-state index contributed by atoms with van der Waals surface area (Å²) in [6.07, 6.45) is 0. The molecular weight excluding hydrogens is 707 g/mol. The van der Waals surface area contributed by atoms with Crippen LogP contribution in [0.5, 0.6) is 0 Å². The highest BCUT2D eigenvalue weighted by Crippen LogP contribution is 2.51. The fourth-order valence-corrected chi connectivity index (χ4v) is 9.63. The van der Waals surface area contributed by atoms with E-state index in [0.717, 1.165) is 33.2 Å². The van der Waals surface area contributed by atoms with Crippen molar-refractivity contribution in [3.05, 3.63) is 188 Å². The van der Waals surface area contributed by atoms with Crippen molar-refractivity contribution >= 4 is 65.2 Å². The van der Waals surface area contributed by atoms with Crippen LogP contribution in [0.15, 0.2) is 188 Å². The third kappa shape index (κ3) is 4.33. The van der Waals surface area contributed by atoms with Gasteiger partial charge in [0.15, 0.2) is 11.6 Å². The van der Waals surface area contributed by atoms with Crippen LogP contribution < -0.4 is 0 Å². The maximum absolute atomic E-state index is 5.37. The fourth-order valence-electron chi connectivity index (χ4n) is 9.63. The molecule has 1 aliphatic rings. The average molecular weight is 738 g/mol. The van der Waals surface area contributed by atoms with Gasteiger partial charge in [-0.1, -0.05) is 146 Å². The second-order valence-electron chi connectivity index (χ2n) is 15.2. The Bertz CT molecular complexity index is 3660. The minimum Gasteiger partial charge on any atom is -0.309 e. The number of hydrogen-bond acceptors (Lipinski definition) is 3. The zero-order valence-corrected chi connectivity index (χ0v) is 31.1. The Morgan fingerprint density at radius 3 is 1.55 bits per heavy atom. The first kappa shape index (κ1) is 31.3. The molecule has 268 valence electrons. The molecule has 9 aromatic carbocycles. The van der Waals surface area contributed by atoms with Gasteiger partial charge in [-0.2, -0.15) is 9.97 Å². The van der Waals surface area contributed by atoms with Crippen molar-refractivity contribution in [3.8, 4) is 56.7 Å². The van der Waals surface area contributed by atoms with E-state index in [0.29, 0.717) is 17.6 Å². The van der Waals surface area contributed by atoms with Crippen molar-refractivity contribution in [1.29, 1.82) is 0 Å². The van der Waals surface area contributed by atoms with E-state index in [4.69, 9.17) is 15.0 Å². The fraction of sp³-hybridized carbons (Fsp3) is 0. The smallest absolute Gasteiger partial charge is 0.238 e. The summed E-state index contributed by atoms with van der Waals surface area (Å²) in [6.45, 7) is 0. The van der Waals surface area contributed by atoms with E-state index < -0.39 is 0 Å². The molecule has 0 spiro atoms. The van der Waals surface area contributed by atoms with E-state index in [1.807, 2.05) is 18.2 Å². The second-order valence-corrected chi connectivity index (χ2v) is 15.2. The lowest BCUT2D eigenvalue weighted by molar-refractivity contribution is 0.954. The largest absolute Gasteiger partial charge is 0.309 e. The van der Waals surface area contributed by atoms with Gasteiger partial charge in [-0.15, -0.1) is 0 Å². The van der Waals surface area contributed by atoms with E-state index in [1.54, 1.807) is 0 Å². The Kier molecular flexibility index (Phi) is 6.38. The summed E-state index contributed by atoms with van der Waals surface area (Å²) in [5.41, 5.74) is 12.4. The molecule has 13 rings (SSSR count). The summed E-state index contributed by atoms with van der Waals surface area (Å²) in [4.78, 5) is 15.8. The Morgan fingerprint density at radius 2 is 0.862 bits per heavy atom. The van der Waals surface area contributed by atoms with Gasteiger partial charge in [0.1, 0.15) is 0 Å². The molecule has 58 heavy (non-hydrogen) atoms. The summed E-state index contributed by atoms with van der Waals surface area (Å²) in [5.74, 6) is 1.85. The predicted octanol–water partition coefficient (Wildman–Crippen LogP) is 13.4. The van der Waals surface area contributed by atoms with Crippen LogP contribution in [-0.4, -0.2) is 24.1 Å². The first-order valence-electron chi connectivity index (χ1n) is 19.7. The highest BCUT2D eigenvalue weighted by Gasteiger charge is 2.28. The number of aromatic nitrogens is 5. The standard InChI is InChI=1S/C53H31N5/c1-4-13-32(14-5-1)38-20-10-17-35-31-36(25-28-39(35)38)52-54-51(34-15-6-2-7-16-34)55-53(56-52)58-43-24-12-22-41-40-21-11-23-42-47(40)49-44(57(42)37-18-8-3-9-19-37)29-26-33-27-30-45(58)50(46(33)49)48(41)43/h1-31H. The Balaban J connectivity index is 1.11. The first-order valence-corrected chi connectivity index (χ1v) is 19.7.